The van der Waals surface area contributed by atoms with Crippen LogP contribution in [0.15, 0.2) is 65.6 Å². The normalized spacial score (nSPS) is 10.9. The highest BCUT2D eigenvalue weighted by Crippen LogP contribution is 2.33. The standard InChI is InChI=1S/C18H16O4S/c1-13-6-8-14(9-7-13)12-20-18-11-16(23-22-21-19)10-15-4-2-3-5-17(15)18/h2-11,19H,12H2,1H3. The molecule has 3 aromatic rings. The molecule has 0 heterocycles. The Bertz CT molecular complexity index is 787. The van der Waals surface area contributed by atoms with Gasteiger partial charge in [-0.15, -0.1) is 4.33 Å². The average molecular weight is 328 g/mol. The predicted octanol–water partition coefficient (Wildman–Crippen LogP) is 5.16. The van der Waals surface area contributed by atoms with E-state index in [0.29, 0.717) is 6.61 Å². The van der Waals surface area contributed by atoms with E-state index < -0.39 is 0 Å². The van der Waals surface area contributed by atoms with Crippen molar-refractivity contribution in [1.29, 1.82) is 0 Å². The Morgan fingerprint density at radius 1 is 1.00 bits per heavy atom. The molecule has 1 N–H and O–H groups in total. The summed E-state index contributed by atoms with van der Waals surface area (Å²) in [6.07, 6.45) is 0. The Kier molecular flexibility index (Phi) is 5.15. The summed E-state index contributed by atoms with van der Waals surface area (Å²) in [5.74, 6) is 0.757. The van der Waals surface area contributed by atoms with E-state index in [2.05, 4.69) is 40.6 Å². The van der Waals surface area contributed by atoms with E-state index in [4.69, 9.17) is 9.99 Å². The minimum Gasteiger partial charge on any atom is -0.488 e. The number of benzene rings is 3. The van der Waals surface area contributed by atoms with Gasteiger partial charge in [0.1, 0.15) is 12.4 Å². The molecule has 0 saturated heterocycles. The van der Waals surface area contributed by atoms with Gasteiger partial charge in [0.05, 0.1) is 12.0 Å². The molecule has 23 heavy (non-hydrogen) atoms. The van der Waals surface area contributed by atoms with Crippen LogP contribution in [0.4, 0.5) is 0 Å². The van der Waals surface area contributed by atoms with Gasteiger partial charge in [0.25, 0.3) is 0 Å². The van der Waals surface area contributed by atoms with E-state index >= 15 is 0 Å². The zero-order valence-corrected chi connectivity index (χ0v) is 13.4. The Morgan fingerprint density at radius 3 is 2.57 bits per heavy atom. The quantitative estimate of drug-likeness (QED) is 0.385. The molecule has 3 aromatic carbocycles. The molecule has 0 aliphatic carbocycles. The molecule has 0 aromatic heterocycles. The first-order chi connectivity index (χ1) is 11.3. The van der Waals surface area contributed by atoms with E-state index in [0.717, 1.165) is 39.0 Å². The summed E-state index contributed by atoms with van der Waals surface area (Å²) in [5.41, 5.74) is 2.33. The van der Waals surface area contributed by atoms with Crippen molar-refractivity contribution in [3.05, 3.63) is 71.8 Å². The molecule has 0 unspecified atom stereocenters. The van der Waals surface area contributed by atoms with Crippen LogP contribution < -0.4 is 4.74 Å². The minimum atomic E-state index is 0.482. The van der Waals surface area contributed by atoms with Crippen LogP contribution in [0.1, 0.15) is 11.1 Å². The molecule has 0 fully saturated rings. The number of fused-ring (bicyclic) bond motifs is 1. The van der Waals surface area contributed by atoms with Crippen LogP contribution in [0.3, 0.4) is 0 Å². The second-order valence-electron chi connectivity index (χ2n) is 5.14. The SMILES string of the molecule is Cc1ccc(COc2cc(SOOO)cc3ccccc23)cc1. The molecular formula is C18H16O4S. The van der Waals surface area contributed by atoms with Crippen LogP contribution in [0.2, 0.25) is 0 Å². The first-order valence-corrected chi connectivity index (χ1v) is 7.86. The summed E-state index contributed by atoms with van der Waals surface area (Å²) in [6, 6.07) is 20.0. The maximum absolute atomic E-state index is 8.31. The van der Waals surface area contributed by atoms with Gasteiger partial charge in [0, 0.05) is 10.3 Å². The number of rotatable bonds is 6. The highest BCUT2D eigenvalue weighted by atomic mass is 32.2. The summed E-state index contributed by atoms with van der Waals surface area (Å²) in [7, 11) is 0. The fraction of sp³-hybridized carbons (Fsp3) is 0.111. The Labute approximate surface area is 138 Å². The number of hydrogen-bond donors (Lipinski definition) is 1. The summed E-state index contributed by atoms with van der Waals surface area (Å²) in [5, 5.41) is 14.0. The van der Waals surface area contributed by atoms with Crippen molar-refractivity contribution in [1.82, 2.24) is 0 Å². The third-order valence-electron chi connectivity index (χ3n) is 3.47. The molecule has 0 amide bonds. The Morgan fingerprint density at radius 2 is 1.78 bits per heavy atom. The van der Waals surface area contributed by atoms with Crippen molar-refractivity contribution in [2.24, 2.45) is 0 Å². The fourth-order valence-electron chi connectivity index (χ4n) is 2.32. The van der Waals surface area contributed by atoms with Crippen LogP contribution in [-0.4, -0.2) is 5.26 Å². The molecule has 118 valence electrons. The number of hydrogen-bond acceptors (Lipinski definition) is 5. The van der Waals surface area contributed by atoms with Gasteiger partial charge in [0.2, 0.25) is 0 Å². The highest BCUT2D eigenvalue weighted by molar-refractivity contribution is 7.94. The van der Waals surface area contributed by atoms with Gasteiger partial charge in [-0.05, 0) is 30.0 Å². The first-order valence-electron chi connectivity index (χ1n) is 7.12. The fourth-order valence-corrected chi connectivity index (χ4v) is 2.76. The topological polar surface area (TPSA) is 47.9 Å². The largest absolute Gasteiger partial charge is 0.488 e. The summed E-state index contributed by atoms with van der Waals surface area (Å²) in [6.45, 7) is 2.54. The number of aryl methyl sites for hydroxylation is 1. The molecule has 0 saturated carbocycles. The van der Waals surface area contributed by atoms with Crippen molar-refractivity contribution in [3.63, 3.8) is 0 Å². The van der Waals surface area contributed by atoms with Gasteiger partial charge in [0.15, 0.2) is 0 Å². The molecule has 4 nitrogen and oxygen atoms in total. The lowest BCUT2D eigenvalue weighted by molar-refractivity contribution is -0.432. The zero-order valence-electron chi connectivity index (χ0n) is 12.6. The van der Waals surface area contributed by atoms with Crippen LogP contribution in [-0.2, 0) is 16.0 Å². The lowest BCUT2D eigenvalue weighted by atomic mass is 10.1. The Balaban J connectivity index is 1.86. The summed E-state index contributed by atoms with van der Waals surface area (Å²) < 4.78 is 10.5. The molecular weight excluding hydrogens is 312 g/mol. The van der Waals surface area contributed by atoms with E-state index in [9.17, 15) is 0 Å². The predicted molar refractivity (Wildman–Crippen MR) is 90.1 cm³/mol. The second kappa shape index (κ2) is 7.48. The van der Waals surface area contributed by atoms with Gasteiger partial charge in [-0.3, -0.25) is 0 Å². The van der Waals surface area contributed by atoms with Gasteiger partial charge in [-0.1, -0.05) is 59.1 Å². The van der Waals surface area contributed by atoms with Crippen molar-refractivity contribution in [2.45, 2.75) is 18.4 Å². The molecule has 0 aliphatic rings. The molecule has 0 bridgehead atoms. The van der Waals surface area contributed by atoms with Crippen molar-refractivity contribution >= 4 is 22.8 Å². The summed E-state index contributed by atoms with van der Waals surface area (Å²) >= 11 is 0.921. The van der Waals surface area contributed by atoms with Crippen LogP contribution in [0.25, 0.3) is 10.8 Å². The molecule has 0 atom stereocenters. The smallest absolute Gasteiger partial charge is 0.128 e. The second-order valence-corrected chi connectivity index (χ2v) is 5.92. The van der Waals surface area contributed by atoms with Gasteiger partial charge >= 0.3 is 0 Å². The van der Waals surface area contributed by atoms with Crippen LogP contribution in [0.5, 0.6) is 5.75 Å². The molecule has 5 heteroatoms. The average Bonchev–Trinajstić information content (AvgIpc) is 2.59. The molecule has 3 rings (SSSR count). The number of ether oxygens (including phenoxy) is 1. The van der Waals surface area contributed by atoms with Crippen molar-refractivity contribution < 1.29 is 19.4 Å². The third-order valence-corrected chi connectivity index (χ3v) is 4.03. The van der Waals surface area contributed by atoms with E-state index in [1.807, 2.05) is 36.4 Å². The van der Waals surface area contributed by atoms with E-state index in [1.54, 1.807) is 0 Å². The summed E-state index contributed by atoms with van der Waals surface area (Å²) in [4.78, 5) is 0.775. The van der Waals surface area contributed by atoms with Crippen LogP contribution >= 0.6 is 12.0 Å². The lowest BCUT2D eigenvalue weighted by Gasteiger charge is -2.11. The van der Waals surface area contributed by atoms with E-state index in [1.165, 1.54) is 5.56 Å². The van der Waals surface area contributed by atoms with Gasteiger partial charge < -0.3 is 4.74 Å². The highest BCUT2D eigenvalue weighted by Gasteiger charge is 2.07. The maximum Gasteiger partial charge on any atom is 0.128 e. The third kappa shape index (κ3) is 4.03. The lowest BCUT2D eigenvalue weighted by Crippen LogP contribution is -1.96. The van der Waals surface area contributed by atoms with E-state index in [-0.39, 0.29) is 0 Å². The van der Waals surface area contributed by atoms with Gasteiger partial charge in [-0.2, -0.15) is 0 Å². The molecule has 0 radical (unpaired) electrons. The van der Waals surface area contributed by atoms with Crippen molar-refractivity contribution in [2.75, 3.05) is 0 Å². The Hall–Kier alpha value is -2.05. The minimum absolute atomic E-state index is 0.482. The zero-order chi connectivity index (χ0) is 16.1. The monoisotopic (exact) mass is 328 g/mol. The molecule has 0 spiro atoms. The maximum atomic E-state index is 8.31. The van der Waals surface area contributed by atoms with Crippen LogP contribution in [0, 0.1) is 6.92 Å². The van der Waals surface area contributed by atoms with Crippen molar-refractivity contribution in [3.8, 4) is 5.75 Å². The first kappa shape index (κ1) is 15.8. The molecule has 0 aliphatic heterocycles. The van der Waals surface area contributed by atoms with Gasteiger partial charge in [-0.25, -0.2) is 5.26 Å².